The first kappa shape index (κ1) is 20.7. The van der Waals surface area contributed by atoms with Crippen LogP contribution in [0.4, 0.5) is 11.4 Å². The number of nitro benzene ring substituents is 1. The molecule has 1 aliphatic heterocycles. The van der Waals surface area contributed by atoms with Crippen LogP contribution in [-0.2, 0) is 19.6 Å². The number of hydrogen-bond acceptors (Lipinski definition) is 7. The summed E-state index contributed by atoms with van der Waals surface area (Å²) in [5.74, 6) is -0.550. The Labute approximate surface area is 167 Å². The van der Waals surface area contributed by atoms with Crippen molar-refractivity contribution >= 4 is 27.3 Å². The molecule has 0 unspecified atom stereocenters. The number of para-hydroxylation sites is 2. The number of benzene rings is 2. The minimum absolute atomic E-state index is 0.0143. The van der Waals surface area contributed by atoms with Gasteiger partial charge in [-0.05, 0) is 30.3 Å². The molecule has 1 fully saturated rings. The highest BCUT2D eigenvalue weighted by Crippen LogP contribution is 2.25. The monoisotopic (exact) mass is 421 g/mol. The van der Waals surface area contributed by atoms with E-state index in [-0.39, 0.29) is 16.3 Å². The summed E-state index contributed by atoms with van der Waals surface area (Å²) in [6, 6.07) is 11.5. The quantitative estimate of drug-likeness (QED) is 0.531. The molecule has 0 radical (unpaired) electrons. The Morgan fingerprint density at radius 2 is 1.79 bits per heavy atom. The van der Waals surface area contributed by atoms with E-state index in [1.54, 1.807) is 6.07 Å². The number of sulfonamides is 1. The number of carbonyl (C=O) groups is 1. The molecular formula is C18H19N3O7S. The number of anilines is 1. The largest absolute Gasteiger partial charge is 0.477 e. The lowest BCUT2D eigenvalue weighted by Crippen LogP contribution is -2.40. The zero-order chi connectivity index (χ0) is 20.9. The lowest BCUT2D eigenvalue weighted by atomic mass is 10.3. The van der Waals surface area contributed by atoms with Gasteiger partial charge in [0.15, 0.2) is 12.4 Å². The highest BCUT2D eigenvalue weighted by Gasteiger charge is 2.26. The maximum Gasteiger partial charge on any atom is 0.310 e. The fourth-order valence-corrected chi connectivity index (χ4v) is 4.12. The molecule has 0 saturated carbocycles. The van der Waals surface area contributed by atoms with Crippen LogP contribution in [0.15, 0.2) is 53.4 Å². The molecule has 29 heavy (non-hydrogen) atoms. The van der Waals surface area contributed by atoms with Crippen molar-refractivity contribution in [3.05, 3.63) is 58.6 Å². The molecule has 1 saturated heterocycles. The number of morpholine rings is 1. The van der Waals surface area contributed by atoms with Crippen molar-refractivity contribution in [3.8, 4) is 5.75 Å². The molecule has 0 bridgehead atoms. The third kappa shape index (κ3) is 5.08. The summed E-state index contributed by atoms with van der Waals surface area (Å²) in [6.07, 6.45) is 0. The van der Waals surface area contributed by atoms with E-state index in [1.165, 1.54) is 46.8 Å². The summed E-state index contributed by atoms with van der Waals surface area (Å²) >= 11 is 0. The SMILES string of the molecule is O=C(COc1ccccc1[N+](=O)[O-])Nc1ccc(S(=O)(=O)N2CCOCC2)cc1. The Morgan fingerprint density at radius 1 is 1.14 bits per heavy atom. The zero-order valence-electron chi connectivity index (χ0n) is 15.3. The second kappa shape index (κ2) is 8.99. The molecule has 2 aromatic rings. The maximum absolute atomic E-state index is 12.6. The lowest BCUT2D eigenvalue weighted by molar-refractivity contribution is -0.385. The van der Waals surface area contributed by atoms with E-state index in [2.05, 4.69) is 5.32 Å². The van der Waals surface area contributed by atoms with E-state index in [1.807, 2.05) is 0 Å². The van der Waals surface area contributed by atoms with E-state index < -0.39 is 27.5 Å². The zero-order valence-corrected chi connectivity index (χ0v) is 16.1. The van der Waals surface area contributed by atoms with Crippen LogP contribution < -0.4 is 10.1 Å². The van der Waals surface area contributed by atoms with E-state index in [9.17, 15) is 23.3 Å². The highest BCUT2D eigenvalue weighted by molar-refractivity contribution is 7.89. The smallest absolute Gasteiger partial charge is 0.310 e. The normalized spacial score (nSPS) is 14.9. The van der Waals surface area contributed by atoms with Gasteiger partial charge in [0.1, 0.15) is 0 Å². The van der Waals surface area contributed by atoms with E-state index in [4.69, 9.17) is 9.47 Å². The second-order valence-electron chi connectivity index (χ2n) is 6.10. The summed E-state index contributed by atoms with van der Waals surface area (Å²) < 4.78 is 36.9. The molecule has 1 heterocycles. The van der Waals surface area contributed by atoms with Gasteiger partial charge in [-0.15, -0.1) is 0 Å². The first-order valence-corrected chi connectivity index (χ1v) is 10.2. The van der Waals surface area contributed by atoms with Crippen LogP contribution in [0.1, 0.15) is 0 Å². The van der Waals surface area contributed by atoms with Crippen LogP contribution in [0, 0.1) is 10.1 Å². The summed E-state index contributed by atoms with van der Waals surface area (Å²) in [6.45, 7) is 0.867. The number of ether oxygens (including phenoxy) is 2. The first-order valence-electron chi connectivity index (χ1n) is 8.72. The molecule has 0 spiro atoms. The standard InChI is InChI=1S/C18H19N3O7S/c22-18(13-28-17-4-2-1-3-16(17)21(23)24)19-14-5-7-15(8-6-14)29(25,26)20-9-11-27-12-10-20/h1-8H,9-13H2,(H,19,22). The molecular weight excluding hydrogens is 402 g/mol. The van der Waals surface area contributed by atoms with Crippen molar-refractivity contribution < 1.29 is 27.6 Å². The van der Waals surface area contributed by atoms with Gasteiger partial charge in [-0.3, -0.25) is 14.9 Å². The fourth-order valence-electron chi connectivity index (χ4n) is 2.72. The van der Waals surface area contributed by atoms with Crippen molar-refractivity contribution in [2.75, 3.05) is 38.2 Å². The van der Waals surface area contributed by atoms with E-state index >= 15 is 0 Å². The molecule has 154 valence electrons. The van der Waals surface area contributed by atoms with E-state index in [0.717, 1.165) is 0 Å². The Hall–Kier alpha value is -3.02. The minimum atomic E-state index is -3.61. The first-order chi connectivity index (χ1) is 13.9. The van der Waals surface area contributed by atoms with Gasteiger partial charge in [-0.25, -0.2) is 8.42 Å². The van der Waals surface area contributed by atoms with Gasteiger partial charge in [0, 0.05) is 24.8 Å². The fraction of sp³-hybridized carbons (Fsp3) is 0.278. The number of rotatable bonds is 7. The molecule has 2 aromatic carbocycles. The average Bonchev–Trinajstić information content (AvgIpc) is 2.73. The third-order valence-electron chi connectivity index (χ3n) is 4.17. The van der Waals surface area contributed by atoms with Crippen LogP contribution >= 0.6 is 0 Å². The van der Waals surface area contributed by atoms with Crippen molar-refractivity contribution in [1.29, 1.82) is 0 Å². The number of nitrogens with one attached hydrogen (secondary N) is 1. The predicted molar refractivity (Wildman–Crippen MR) is 103 cm³/mol. The molecule has 1 N–H and O–H groups in total. The van der Waals surface area contributed by atoms with Crippen molar-refractivity contribution in [3.63, 3.8) is 0 Å². The molecule has 0 atom stereocenters. The number of nitro groups is 1. The van der Waals surface area contributed by atoms with Gasteiger partial charge in [0.25, 0.3) is 5.91 Å². The van der Waals surface area contributed by atoms with Gasteiger partial charge in [-0.1, -0.05) is 12.1 Å². The van der Waals surface area contributed by atoms with Crippen molar-refractivity contribution in [1.82, 2.24) is 4.31 Å². The maximum atomic E-state index is 12.6. The summed E-state index contributed by atoms with van der Waals surface area (Å²) in [5.41, 5.74) is 0.139. The van der Waals surface area contributed by atoms with Gasteiger partial charge in [0.05, 0.1) is 23.0 Å². The number of nitrogens with zero attached hydrogens (tertiary/aromatic N) is 2. The van der Waals surface area contributed by atoms with Crippen molar-refractivity contribution in [2.45, 2.75) is 4.90 Å². The topological polar surface area (TPSA) is 128 Å². The number of amides is 1. The molecule has 3 rings (SSSR count). The van der Waals surface area contributed by atoms with Crippen molar-refractivity contribution in [2.24, 2.45) is 0 Å². The lowest BCUT2D eigenvalue weighted by Gasteiger charge is -2.26. The summed E-state index contributed by atoms with van der Waals surface area (Å²) in [5, 5.41) is 13.5. The van der Waals surface area contributed by atoms with E-state index in [0.29, 0.717) is 32.0 Å². The van der Waals surface area contributed by atoms with Gasteiger partial charge in [0.2, 0.25) is 10.0 Å². The third-order valence-corrected chi connectivity index (χ3v) is 6.08. The summed E-state index contributed by atoms with van der Waals surface area (Å²) in [7, 11) is -3.61. The molecule has 11 heteroatoms. The number of hydrogen-bond donors (Lipinski definition) is 1. The summed E-state index contributed by atoms with van der Waals surface area (Å²) in [4.78, 5) is 22.5. The van der Waals surface area contributed by atoms with Crippen LogP contribution in [0.25, 0.3) is 0 Å². The Morgan fingerprint density at radius 3 is 2.45 bits per heavy atom. The molecule has 10 nitrogen and oxygen atoms in total. The second-order valence-corrected chi connectivity index (χ2v) is 8.04. The molecule has 0 aromatic heterocycles. The Balaban J connectivity index is 1.60. The van der Waals surface area contributed by atoms with Crippen LogP contribution in [0.2, 0.25) is 0 Å². The highest BCUT2D eigenvalue weighted by atomic mass is 32.2. The van der Waals surface area contributed by atoms with Gasteiger partial charge in [-0.2, -0.15) is 4.31 Å². The van der Waals surface area contributed by atoms with Gasteiger partial charge >= 0.3 is 5.69 Å². The van der Waals surface area contributed by atoms with Crippen LogP contribution in [0.5, 0.6) is 5.75 Å². The molecule has 0 aliphatic carbocycles. The Bertz CT molecular complexity index is 987. The minimum Gasteiger partial charge on any atom is -0.477 e. The van der Waals surface area contributed by atoms with Gasteiger partial charge < -0.3 is 14.8 Å². The van der Waals surface area contributed by atoms with Crippen LogP contribution in [-0.4, -0.2) is 56.5 Å². The molecule has 1 amide bonds. The van der Waals surface area contributed by atoms with Crippen LogP contribution in [0.3, 0.4) is 0 Å². The Kier molecular flexibility index (Phi) is 6.42. The predicted octanol–water partition coefficient (Wildman–Crippen LogP) is 1.63. The average molecular weight is 421 g/mol. The molecule has 1 aliphatic rings. The number of carbonyl (C=O) groups excluding carboxylic acids is 1.